The van der Waals surface area contributed by atoms with Gasteiger partial charge in [-0.2, -0.15) is 0 Å². The van der Waals surface area contributed by atoms with Crippen LogP contribution in [-0.4, -0.2) is 30.8 Å². The Kier molecular flexibility index (Phi) is 9.43. The van der Waals surface area contributed by atoms with E-state index in [0.717, 1.165) is 54.1 Å². The Morgan fingerprint density at radius 2 is 1.75 bits per heavy atom. The first-order valence-electron chi connectivity index (χ1n) is 15.5. The van der Waals surface area contributed by atoms with Crippen molar-refractivity contribution in [2.75, 3.05) is 20.1 Å². The highest BCUT2D eigenvalue weighted by molar-refractivity contribution is 7.12. The SMILES string of the molecule is C=C1/C(=C\C=C(/C)Cc2ccc(C3CCCCC3)cc2)C=C(c2cc(C3CCN(C)CC3)sc2C)C(=O)C1CC. The first-order valence-corrected chi connectivity index (χ1v) is 16.4. The van der Waals surface area contributed by atoms with Crippen molar-refractivity contribution in [1.82, 2.24) is 4.90 Å². The van der Waals surface area contributed by atoms with Gasteiger partial charge in [0.05, 0.1) is 0 Å². The summed E-state index contributed by atoms with van der Waals surface area (Å²) in [6, 6.07) is 11.7. The van der Waals surface area contributed by atoms with E-state index in [0.29, 0.717) is 5.92 Å². The Labute approximate surface area is 246 Å². The smallest absolute Gasteiger partial charge is 0.170 e. The van der Waals surface area contributed by atoms with E-state index < -0.39 is 0 Å². The van der Waals surface area contributed by atoms with Gasteiger partial charge in [-0.25, -0.2) is 0 Å². The number of ketones is 1. The number of hydrogen-bond acceptors (Lipinski definition) is 3. The van der Waals surface area contributed by atoms with Gasteiger partial charge in [-0.3, -0.25) is 4.79 Å². The van der Waals surface area contributed by atoms with Crippen LogP contribution >= 0.6 is 11.3 Å². The normalized spacial score (nSPS) is 23.2. The molecule has 2 aromatic rings. The maximum atomic E-state index is 13.6. The van der Waals surface area contributed by atoms with Crippen LogP contribution in [0.5, 0.6) is 0 Å². The van der Waals surface area contributed by atoms with E-state index >= 15 is 0 Å². The third kappa shape index (κ3) is 6.52. The van der Waals surface area contributed by atoms with Crippen LogP contribution in [-0.2, 0) is 11.2 Å². The zero-order valence-corrected chi connectivity index (χ0v) is 25.9. The molecular formula is C37H47NOS. The van der Waals surface area contributed by atoms with Crippen molar-refractivity contribution < 1.29 is 4.79 Å². The Hall–Kier alpha value is -2.49. The molecule has 2 nitrogen and oxygen atoms in total. The molecular weight excluding hydrogens is 506 g/mol. The first kappa shape index (κ1) is 29.0. The van der Waals surface area contributed by atoms with E-state index in [-0.39, 0.29) is 11.7 Å². The van der Waals surface area contributed by atoms with Gasteiger partial charge in [0.1, 0.15) is 0 Å². The number of Topliss-reactive ketones (excluding diaryl/α,β-unsaturated/α-hetero) is 1. The number of rotatable bonds is 7. The van der Waals surface area contributed by atoms with E-state index in [9.17, 15) is 4.79 Å². The van der Waals surface area contributed by atoms with Crippen LogP contribution in [0.3, 0.4) is 0 Å². The minimum atomic E-state index is -0.140. The number of nitrogens with zero attached hydrogens (tertiary/aromatic N) is 1. The maximum Gasteiger partial charge on any atom is 0.170 e. The predicted molar refractivity (Wildman–Crippen MR) is 172 cm³/mol. The molecule has 0 bridgehead atoms. The second-order valence-corrected chi connectivity index (χ2v) is 13.8. The summed E-state index contributed by atoms with van der Waals surface area (Å²) in [5.74, 6) is 1.46. The Balaban J connectivity index is 1.35. The number of carbonyl (C=O) groups excluding carboxylic acids is 1. The standard InChI is InChI=1S/C37H47NOS/c1-6-33-26(3)32(15-12-25(2)22-28-13-16-30(17-14-28)29-10-8-7-9-11-29)23-35(37(33)39)34-24-36(40-27(34)4)31-18-20-38(5)21-19-31/h12-17,23-24,29,31,33H,3,6-11,18-22H2,1-2,4-5H3/b25-12+,32-15-. The van der Waals surface area contributed by atoms with E-state index in [1.165, 1.54) is 71.4 Å². The number of thiophene rings is 1. The third-order valence-corrected chi connectivity index (χ3v) is 10.7. The number of carbonyl (C=O) groups is 1. The molecule has 1 saturated heterocycles. The highest BCUT2D eigenvalue weighted by Gasteiger charge is 2.32. The predicted octanol–water partition coefficient (Wildman–Crippen LogP) is 9.58. The molecule has 2 heterocycles. The summed E-state index contributed by atoms with van der Waals surface area (Å²) in [4.78, 5) is 18.8. The molecule has 1 atom stereocenters. The lowest BCUT2D eigenvalue weighted by molar-refractivity contribution is -0.116. The summed E-state index contributed by atoms with van der Waals surface area (Å²) in [6.07, 6.45) is 17.5. The number of benzene rings is 1. The summed E-state index contributed by atoms with van der Waals surface area (Å²) in [5, 5.41) is 0. The molecule has 2 aliphatic carbocycles. The molecule has 0 N–H and O–H groups in total. The number of aryl methyl sites for hydroxylation is 1. The molecule has 0 radical (unpaired) electrons. The van der Waals surface area contributed by atoms with Crippen molar-refractivity contribution in [1.29, 1.82) is 0 Å². The number of hydrogen-bond donors (Lipinski definition) is 0. The highest BCUT2D eigenvalue weighted by Crippen LogP contribution is 2.42. The molecule has 40 heavy (non-hydrogen) atoms. The second-order valence-electron chi connectivity index (χ2n) is 12.5. The van der Waals surface area contributed by atoms with E-state index in [1.54, 1.807) is 0 Å². The van der Waals surface area contributed by atoms with Crippen LogP contribution in [0.15, 0.2) is 71.9 Å². The summed E-state index contributed by atoms with van der Waals surface area (Å²) in [5.41, 5.74) is 8.27. The largest absolute Gasteiger partial charge is 0.306 e. The van der Waals surface area contributed by atoms with Crippen LogP contribution in [0, 0.1) is 12.8 Å². The summed E-state index contributed by atoms with van der Waals surface area (Å²) in [7, 11) is 2.21. The quantitative estimate of drug-likeness (QED) is 0.340. The summed E-state index contributed by atoms with van der Waals surface area (Å²) < 4.78 is 0. The highest BCUT2D eigenvalue weighted by atomic mass is 32.1. The number of likely N-dealkylation sites (tertiary alicyclic amines) is 1. The Bertz CT molecular complexity index is 1310. The average Bonchev–Trinajstić information content (AvgIpc) is 3.35. The third-order valence-electron chi connectivity index (χ3n) is 9.52. The molecule has 2 fully saturated rings. The van der Waals surface area contributed by atoms with Gasteiger partial charge in [0.15, 0.2) is 5.78 Å². The van der Waals surface area contributed by atoms with Crippen molar-refractivity contribution in [3.8, 4) is 0 Å². The Morgan fingerprint density at radius 1 is 1.05 bits per heavy atom. The number of allylic oxidation sites excluding steroid dienone is 7. The van der Waals surface area contributed by atoms with E-state index in [2.05, 4.69) is 87.9 Å². The molecule has 5 rings (SSSR count). The zero-order valence-electron chi connectivity index (χ0n) is 25.1. The van der Waals surface area contributed by atoms with Crippen molar-refractivity contribution in [3.05, 3.63) is 98.3 Å². The van der Waals surface area contributed by atoms with Gasteiger partial charge in [0, 0.05) is 21.2 Å². The fourth-order valence-electron chi connectivity index (χ4n) is 6.89. The van der Waals surface area contributed by atoms with E-state index in [4.69, 9.17) is 0 Å². The first-order chi connectivity index (χ1) is 19.3. The minimum Gasteiger partial charge on any atom is -0.306 e. The molecule has 1 aliphatic heterocycles. The molecule has 1 unspecified atom stereocenters. The van der Waals surface area contributed by atoms with Crippen LogP contribution in [0.25, 0.3) is 5.57 Å². The zero-order chi connectivity index (χ0) is 28.2. The second kappa shape index (κ2) is 13.0. The summed E-state index contributed by atoms with van der Waals surface area (Å²) >= 11 is 1.89. The lowest BCUT2D eigenvalue weighted by Crippen LogP contribution is -2.28. The average molecular weight is 554 g/mol. The Morgan fingerprint density at radius 3 is 2.42 bits per heavy atom. The van der Waals surface area contributed by atoms with Crippen molar-refractivity contribution >= 4 is 22.7 Å². The van der Waals surface area contributed by atoms with E-state index in [1.807, 2.05) is 11.3 Å². The fourth-order valence-corrected chi connectivity index (χ4v) is 8.10. The molecule has 3 aliphatic rings. The molecule has 0 spiro atoms. The van der Waals surface area contributed by atoms with Crippen LogP contribution in [0.4, 0.5) is 0 Å². The molecule has 3 heteroatoms. The van der Waals surface area contributed by atoms with Crippen molar-refractivity contribution in [3.63, 3.8) is 0 Å². The van der Waals surface area contributed by atoms with Crippen LogP contribution in [0.1, 0.15) is 103 Å². The van der Waals surface area contributed by atoms with Crippen molar-refractivity contribution in [2.45, 2.75) is 90.4 Å². The topological polar surface area (TPSA) is 20.3 Å². The van der Waals surface area contributed by atoms with Crippen LogP contribution < -0.4 is 0 Å². The lowest BCUT2D eigenvalue weighted by atomic mass is 9.77. The monoisotopic (exact) mass is 553 g/mol. The van der Waals surface area contributed by atoms with Gasteiger partial charge in [-0.15, -0.1) is 11.3 Å². The molecule has 1 aromatic carbocycles. The van der Waals surface area contributed by atoms with Crippen LogP contribution in [0.2, 0.25) is 0 Å². The maximum absolute atomic E-state index is 13.6. The van der Waals surface area contributed by atoms with Crippen molar-refractivity contribution in [2.24, 2.45) is 5.92 Å². The van der Waals surface area contributed by atoms with Gasteiger partial charge in [0.2, 0.25) is 0 Å². The molecule has 1 aromatic heterocycles. The molecule has 0 amide bonds. The minimum absolute atomic E-state index is 0.140. The molecule has 1 saturated carbocycles. The van der Waals surface area contributed by atoms with Gasteiger partial charge in [-0.1, -0.05) is 74.8 Å². The molecule has 212 valence electrons. The lowest BCUT2D eigenvalue weighted by Gasteiger charge is -2.28. The van der Waals surface area contributed by atoms with Gasteiger partial charge >= 0.3 is 0 Å². The van der Waals surface area contributed by atoms with Gasteiger partial charge in [0.25, 0.3) is 0 Å². The van der Waals surface area contributed by atoms with Gasteiger partial charge < -0.3 is 4.90 Å². The number of piperidine rings is 1. The van der Waals surface area contributed by atoms with Gasteiger partial charge in [-0.05, 0) is 124 Å². The fraction of sp³-hybridized carbons (Fsp3) is 0.486. The summed E-state index contributed by atoms with van der Waals surface area (Å²) in [6.45, 7) is 13.2.